The summed E-state index contributed by atoms with van der Waals surface area (Å²) in [5.41, 5.74) is 0.974. The predicted molar refractivity (Wildman–Crippen MR) is 94.8 cm³/mol. The number of fused-ring (bicyclic) bond motifs is 2. The average molecular weight is 321 g/mol. The minimum Gasteiger partial charge on any atom is -0.467 e. The Hall–Kier alpha value is -2.88. The molecule has 3 aromatic rings. The summed E-state index contributed by atoms with van der Waals surface area (Å²) >= 11 is 0. The van der Waals surface area contributed by atoms with Crippen LogP contribution in [0.5, 0.6) is 0 Å². The minimum atomic E-state index is -0.676. The van der Waals surface area contributed by atoms with Crippen molar-refractivity contribution in [3.05, 3.63) is 60.2 Å². The number of hydrogen-bond acceptors (Lipinski definition) is 3. The molecule has 0 fully saturated rings. The van der Waals surface area contributed by atoms with E-state index < -0.39 is 12.0 Å². The smallest absolute Gasteiger partial charge is 0.328 e. The van der Waals surface area contributed by atoms with Crippen LogP contribution in [0.3, 0.4) is 0 Å². The van der Waals surface area contributed by atoms with Crippen molar-refractivity contribution in [2.24, 2.45) is 0 Å². The molecule has 4 nitrogen and oxygen atoms in total. The van der Waals surface area contributed by atoms with Crippen LogP contribution in [-0.2, 0) is 20.7 Å². The molecule has 0 spiro atoms. The van der Waals surface area contributed by atoms with Gasteiger partial charge < -0.3 is 10.1 Å². The molecule has 1 amide bonds. The van der Waals surface area contributed by atoms with Crippen molar-refractivity contribution in [1.29, 1.82) is 0 Å². The molecule has 1 atom stereocenters. The lowest BCUT2D eigenvalue weighted by atomic mass is 9.99. The highest BCUT2D eigenvalue weighted by Crippen LogP contribution is 2.24. The second kappa shape index (κ2) is 6.71. The van der Waals surface area contributed by atoms with Crippen LogP contribution in [0.1, 0.15) is 12.5 Å². The van der Waals surface area contributed by atoms with E-state index in [9.17, 15) is 9.59 Å². The van der Waals surface area contributed by atoms with Crippen molar-refractivity contribution in [2.75, 3.05) is 7.11 Å². The van der Waals surface area contributed by atoms with Crippen LogP contribution in [0.15, 0.2) is 54.6 Å². The van der Waals surface area contributed by atoms with Crippen molar-refractivity contribution in [3.8, 4) is 0 Å². The number of carbonyl (C=O) groups excluding carboxylic acids is 2. The van der Waals surface area contributed by atoms with Gasteiger partial charge in [0.15, 0.2) is 0 Å². The van der Waals surface area contributed by atoms with E-state index in [1.807, 2.05) is 24.3 Å². The highest BCUT2D eigenvalue weighted by molar-refractivity contribution is 5.98. The molecule has 0 heterocycles. The summed E-state index contributed by atoms with van der Waals surface area (Å²) in [5.74, 6) is -0.694. The first-order valence-corrected chi connectivity index (χ1v) is 7.83. The number of nitrogens with one attached hydrogen (secondary N) is 1. The van der Waals surface area contributed by atoms with Crippen molar-refractivity contribution in [1.82, 2.24) is 5.32 Å². The first-order valence-electron chi connectivity index (χ1n) is 7.83. The number of ether oxygens (including phenoxy) is 1. The first kappa shape index (κ1) is 16.0. The monoisotopic (exact) mass is 321 g/mol. The normalized spacial score (nSPS) is 12.1. The third-order valence-corrected chi connectivity index (χ3v) is 4.07. The molecule has 1 unspecified atom stereocenters. The molecule has 0 radical (unpaired) electrons. The lowest BCUT2D eigenvalue weighted by Gasteiger charge is -2.16. The molecular weight excluding hydrogens is 302 g/mol. The van der Waals surface area contributed by atoms with Gasteiger partial charge in [-0.2, -0.15) is 0 Å². The van der Waals surface area contributed by atoms with Crippen LogP contribution < -0.4 is 5.32 Å². The Morgan fingerprint density at radius 1 is 0.958 bits per heavy atom. The molecule has 122 valence electrons. The van der Waals surface area contributed by atoms with Gasteiger partial charge in [0.2, 0.25) is 5.91 Å². The van der Waals surface area contributed by atoms with Gasteiger partial charge in [-0.25, -0.2) is 4.79 Å². The predicted octanol–water partition coefficient (Wildman–Crippen LogP) is 3.21. The van der Waals surface area contributed by atoms with E-state index in [1.54, 1.807) is 0 Å². The summed E-state index contributed by atoms with van der Waals surface area (Å²) in [7, 11) is 1.32. The van der Waals surface area contributed by atoms with Gasteiger partial charge in [-0.1, -0.05) is 42.5 Å². The molecule has 0 aliphatic rings. The summed E-state index contributed by atoms with van der Waals surface area (Å²) in [6, 6.07) is 17.9. The Kier molecular flexibility index (Phi) is 4.47. The number of esters is 1. The highest BCUT2D eigenvalue weighted by Gasteiger charge is 2.20. The third kappa shape index (κ3) is 3.38. The van der Waals surface area contributed by atoms with Crippen molar-refractivity contribution >= 4 is 33.4 Å². The molecule has 0 saturated heterocycles. The topological polar surface area (TPSA) is 55.4 Å². The fourth-order valence-corrected chi connectivity index (χ4v) is 2.93. The van der Waals surface area contributed by atoms with Crippen LogP contribution in [0.4, 0.5) is 0 Å². The fraction of sp³-hybridized carbons (Fsp3) is 0.200. The second-order valence-electron chi connectivity index (χ2n) is 5.86. The maximum absolute atomic E-state index is 11.9. The molecule has 0 aliphatic heterocycles. The summed E-state index contributed by atoms with van der Waals surface area (Å²) in [6.07, 6.45) is 0.398. The third-order valence-electron chi connectivity index (χ3n) is 4.07. The largest absolute Gasteiger partial charge is 0.467 e. The SMILES string of the molecule is COC(=O)C(Cc1ccc2cc3ccccc3cc2c1)NC(C)=O. The Bertz CT molecular complexity index is 917. The quantitative estimate of drug-likeness (QED) is 0.593. The van der Waals surface area contributed by atoms with Gasteiger partial charge in [0.25, 0.3) is 0 Å². The Labute approximate surface area is 140 Å². The molecule has 0 saturated carbocycles. The standard InChI is InChI=1S/C20H19NO3/c1-13(22)21-19(20(23)24-2)10-14-7-8-17-11-15-5-3-4-6-16(15)12-18(17)9-14/h3-9,11-12,19H,10H2,1-2H3,(H,21,22). The van der Waals surface area contributed by atoms with E-state index in [-0.39, 0.29) is 5.91 Å². The van der Waals surface area contributed by atoms with Crippen molar-refractivity contribution in [3.63, 3.8) is 0 Å². The first-order chi connectivity index (χ1) is 11.6. The Morgan fingerprint density at radius 2 is 1.58 bits per heavy atom. The lowest BCUT2D eigenvalue weighted by molar-refractivity contribution is -0.144. The minimum absolute atomic E-state index is 0.253. The van der Waals surface area contributed by atoms with E-state index in [0.717, 1.165) is 16.3 Å². The van der Waals surface area contributed by atoms with E-state index in [1.165, 1.54) is 24.8 Å². The molecule has 24 heavy (non-hydrogen) atoms. The van der Waals surface area contributed by atoms with E-state index in [4.69, 9.17) is 4.74 Å². The van der Waals surface area contributed by atoms with Gasteiger partial charge in [-0.3, -0.25) is 4.79 Å². The zero-order chi connectivity index (χ0) is 17.1. The van der Waals surface area contributed by atoms with Crippen LogP contribution in [0.2, 0.25) is 0 Å². The zero-order valence-corrected chi connectivity index (χ0v) is 13.7. The zero-order valence-electron chi connectivity index (χ0n) is 13.7. The molecule has 1 N–H and O–H groups in total. The molecule has 3 aromatic carbocycles. The van der Waals surface area contributed by atoms with Gasteiger partial charge in [-0.05, 0) is 39.2 Å². The van der Waals surface area contributed by atoms with Gasteiger partial charge >= 0.3 is 5.97 Å². The Morgan fingerprint density at radius 3 is 2.21 bits per heavy atom. The van der Waals surface area contributed by atoms with E-state index >= 15 is 0 Å². The fourth-order valence-electron chi connectivity index (χ4n) is 2.93. The molecular formula is C20H19NO3. The van der Waals surface area contributed by atoms with Crippen LogP contribution in [0, 0.1) is 0 Å². The Balaban J connectivity index is 1.95. The van der Waals surface area contributed by atoms with Gasteiger partial charge in [-0.15, -0.1) is 0 Å². The van der Waals surface area contributed by atoms with Crippen LogP contribution in [-0.4, -0.2) is 25.0 Å². The summed E-state index contributed by atoms with van der Waals surface area (Å²) in [5, 5.41) is 7.27. The molecule has 4 heteroatoms. The summed E-state index contributed by atoms with van der Waals surface area (Å²) in [6.45, 7) is 1.39. The molecule has 3 rings (SSSR count). The molecule has 0 aromatic heterocycles. The molecule has 0 bridgehead atoms. The van der Waals surface area contributed by atoms with Crippen molar-refractivity contribution < 1.29 is 14.3 Å². The maximum atomic E-state index is 11.9. The summed E-state index contributed by atoms with van der Waals surface area (Å²) in [4.78, 5) is 23.2. The second-order valence-corrected chi connectivity index (χ2v) is 5.86. The maximum Gasteiger partial charge on any atom is 0.328 e. The number of amides is 1. The van der Waals surface area contributed by atoms with Crippen LogP contribution in [0.25, 0.3) is 21.5 Å². The molecule has 0 aliphatic carbocycles. The van der Waals surface area contributed by atoms with Gasteiger partial charge in [0, 0.05) is 13.3 Å². The number of hydrogen-bond donors (Lipinski definition) is 1. The number of benzene rings is 3. The van der Waals surface area contributed by atoms with Gasteiger partial charge in [0.1, 0.15) is 6.04 Å². The lowest BCUT2D eigenvalue weighted by Crippen LogP contribution is -2.41. The van der Waals surface area contributed by atoms with Gasteiger partial charge in [0.05, 0.1) is 7.11 Å². The highest BCUT2D eigenvalue weighted by atomic mass is 16.5. The number of rotatable bonds is 4. The number of methoxy groups -OCH3 is 1. The number of carbonyl (C=O) groups is 2. The van der Waals surface area contributed by atoms with E-state index in [0.29, 0.717) is 6.42 Å². The average Bonchev–Trinajstić information content (AvgIpc) is 2.58. The van der Waals surface area contributed by atoms with E-state index in [2.05, 4.69) is 35.6 Å². The van der Waals surface area contributed by atoms with Crippen molar-refractivity contribution in [2.45, 2.75) is 19.4 Å². The van der Waals surface area contributed by atoms with Crippen LogP contribution >= 0.6 is 0 Å². The summed E-state index contributed by atoms with van der Waals surface area (Å²) < 4.78 is 4.78.